The summed E-state index contributed by atoms with van der Waals surface area (Å²) >= 11 is 0. The fourth-order valence-electron chi connectivity index (χ4n) is 3.63. The van der Waals surface area contributed by atoms with Gasteiger partial charge in [-0.05, 0) is 38.5 Å². The normalized spacial score (nSPS) is 38.7. The van der Waals surface area contributed by atoms with Crippen LogP contribution in [0.15, 0.2) is 0 Å². The van der Waals surface area contributed by atoms with Crippen molar-refractivity contribution in [1.29, 1.82) is 0 Å². The molecule has 2 aliphatic rings. The molecule has 2 atom stereocenters. The van der Waals surface area contributed by atoms with Gasteiger partial charge in [0.1, 0.15) is 0 Å². The molecule has 1 saturated carbocycles. The first-order valence-corrected chi connectivity index (χ1v) is 7.20. The van der Waals surface area contributed by atoms with Crippen molar-refractivity contribution in [1.82, 2.24) is 4.90 Å². The lowest BCUT2D eigenvalue weighted by molar-refractivity contribution is -0.155. The zero-order valence-corrected chi connectivity index (χ0v) is 11.9. The molecular formula is C14H25N3O2. The molecule has 2 rings (SSSR count). The number of nitrogens with zero attached hydrogens (tertiary/aromatic N) is 1. The molecule has 2 unspecified atom stereocenters. The molecule has 1 aliphatic carbocycles. The highest BCUT2D eigenvalue weighted by Crippen LogP contribution is 2.46. The molecule has 1 heterocycles. The van der Waals surface area contributed by atoms with Crippen LogP contribution in [0.5, 0.6) is 0 Å². The summed E-state index contributed by atoms with van der Waals surface area (Å²) < 4.78 is 0. The molecule has 0 bridgehead atoms. The van der Waals surface area contributed by atoms with Crippen LogP contribution in [-0.2, 0) is 9.59 Å². The Labute approximate surface area is 114 Å². The van der Waals surface area contributed by atoms with E-state index in [0.717, 1.165) is 25.7 Å². The van der Waals surface area contributed by atoms with Crippen molar-refractivity contribution in [3.05, 3.63) is 0 Å². The van der Waals surface area contributed by atoms with Gasteiger partial charge >= 0.3 is 0 Å². The third-order valence-corrected chi connectivity index (χ3v) is 4.87. The molecule has 5 heteroatoms. The minimum Gasteiger partial charge on any atom is -0.369 e. The average Bonchev–Trinajstić information content (AvgIpc) is 2.34. The van der Waals surface area contributed by atoms with Crippen LogP contribution in [0.2, 0.25) is 0 Å². The van der Waals surface area contributed by atoms with Gasteiger partial charge in [0.2, 0.25) is 11.8 Å². The van der Waals surface area contributed by atoms with Gasteiger partial charge in [0.25, 0.3) is 0 Å². The van der Waals surface area contributed by atoms with E-state index in [1.165, 1.54) is 0 Å². The largest absolute Gasteiger partial charge is 0.369 e. The van der Waals surface area contributed by atoms with Gasteiger partial charge in [0.05, 0.1) is 11.3 Å². The standard InChI is InChI=1S/C14H25N3O2/c1-9-5-14(6-9,8-15)13(19)17-7-11(12(16)18)4-3-10(17)2/h9-11H,3-8,15H2,1-2H3,(H2,16,18). The lowest BCUT2D eigenvalue weighted by Gasteiger charge is -2.49. The number of amides is 2. The number of hydrogen-bond acceptors (Lipinski definition) is 3. The Morgan fingerprint density at radius 1 is 1.26 bits per heavy atom. The Balaban J connectivity index is 2.10. The number of carbonyl (C=O) groups is 2. The van der Waals surface area contributed by atoms with E-state index in [0.29, 0.717) is 19.0 Å². The molecule has 2 fully saturated rings. The maximum Gasteiger partial charge on any atom is 0.230 e. The van der Waals surface area contributed by atoms with Gasteiger partial charge in [-0.3, -0.25) is 9.59 Å². The van der Waals surface area contributed by atoms with Crippen LogP contribution in [0.3, 0.4) is 0 Å². The van der Waals surface area contributed by atoms with E-state index in [4.69, 9.17) is 11.5 Å². The van der Waals surface area contributed by atoms with Crippen LogP contribution in [0.25, 0.3) is 0 Å². The molecule has 1 saturated heterocycles. The summed E-state index contributed by atoms with van der Waals surface area (Å²) in [6.45, 7) is 5.06. The Morgan fingerprint density at radius 3 is 2.37 bits per heavy atom. The number of primary amides is 1. The van der Waals surface area contributed by atoms with Crippen molar-refractivity contribution in [3.63, 3.8) is 0 Å². The van der Waals surface area contributed by atoms with E-state index in [9.17, 15) is 9.59 Å². The fraction of sp³-hybridized carbons (Fsp3) is 0.857. The van der Waals surface area contributed by atoms with Crippen molar-refractivity contribution >= 4 is 11.8 Å². The van der Waals surface area contributed by atoms with Gasteiger partial charge in [-0.15, -0.1) is 0 Å². The van der Waals surface area contributed by atoms with Crippen molar-refractivity contribution in [2.75, 3.05) is 13.1 Å². The first-order valence-electron chi connectivity index (χ1n) is 7.20. The lowest BCUT2D eigenvalue weighted by atomic mass is 9.61. The first kappa shape index (κ1) is 14.3. The number of rotatable bonds is 3. The van der Waals surface area contributed by atoms with E-state index in [2.05, 4.69) is 6.92 Å². The topological polar surface area (TPSA) is 89.4 Å². The van der Waals surface area contributed by atoms with Gasteiger partial charge < -0.3 is 16.4 Å². The Kier molecular flexibility index (Phi) is 3.85. The second-order valence-electron chi connectivity index (χ2n) is 6.48. The molecule has 1 aliphatic heterocycles. The second-order valence-corrected chi connectivity index (χ2v) is 6.48. The summed E-state index contributed by atoms with van der Waals surface area (Å²) in [7, 11) is 0. The van der Waals surface area contributed by atoms with Gasteiger partial charge in [-0.2, -0.15) is 0 Å². The summed E-state index contributed by atoms with van der Waals surface area (Å²) in [5.74, 6) is 0.201. The minimum absolute atomic E-state index is 0.131. The predicted molar refractivity (Wildman–Crippen MR) is 73.0 cm³/mol. The maximum absolute atomic E-state index is 12.8. The van der Waals surface area contributed by atoms with Crippen molar-refractivity contribution < 1.29 is 9.59 Å². The van der Waals surface area contributed by atoms with Gasteiger partial charge in [0, 0.05) is 19.1 Å². The molecule has 0 radical (unpaired) electrons. The first-order chi connectivity index (χ1) is 8.89. The highest BCUT2D eigenvalue weighted by Gasteiger charge is 2.50. The monoisotopic (exact) mass is 267 g/mol. The summed E-state index contributed by atoms with van der Waals surface area (Å²) in [5.41, 5.74) is 10.8. The summed E-state index contributed by atoms with van der Waals surface area (Å²) in [6, 6.07) is 0.183. The molecule has 0 aromatic carbocycles. The van der Waals surface area contributed by atoms with Crippen LogP contribution in [0.4, 0.5) is 0 Å². The second kappa shape index (κ2) is 5.12. The molecule has 0 spiro atoms. The van der Waals surface area contributed by atoms with Gasteiger partial charge in [0.15, 0.2) is 0 Å². The SMILES string of the molecule is CC1CC(CN)(C(=O)N2CC(C(N)=O)CCC2C)C1. The quantitative estimate of drug-likeness (QED) is 0.779. The maximum atomic E-state index is 12.8. The van der Waals surface area contributed by atoms with Gasteiger partial charge in [-0.1, -0.05) is 6.92 Å². The molecular weight excluding hydrogens is 242 g/mol. The number of piperidine rings is 1. The van der Waals surface area contributed by atoms with Crippen LogP contribution >= 0.6 is 0 Å². The minimum atomic E-state index is -0.382. The zero-order valence-electron chi connectivity index (χ0n) is 11.9. The molecule has 108 valence electrons. The fourth-order valence-corrected chi connectivity index (χ4v) is 3.63. The van der Waals surface area contributed by atoms with Crippen LogP contribution < -0.4 is 11.5 Å². The Bertz CT molecular complexity index is 377. The number of likely N-dealkylation sites (tertiary alicyclic amines) is 1. The van der Waals surface area contributed by atoms with Crippen molar-refractivity contribution in [2.24, 2.45) is 28.7 Å². The lowest BCUT2D eigenvalue weighted by Crippen LogP contribution is -2.59. The number of carbonyl (C=O) groups excluding carboxylic acids is 2. The van der Waals surface area contributed by atoms with Crippen LogP contribution in [0.1, 0.15) is 39.5 Å². The molecule has 0 aromatic heterocycles. The van der Waals surface area contributed by atoms with E-state index >= 15 is 0 Å². The summed E-state index contributed by atoms with van der Waals surface area (Å²) in [4.78, 5) is 25.9. The third-order valence-electron chi connectivity index (χ3n) is 4.87. The van der Waals surface area contributed by atoms with E-state index < -0.39 is 0 Å². The predicted octanol–water partition coefficient (Wildman–Crippen LogP) is 0.474. The van der Waals surface area contributed by atoms with Crippen LogP contribution in [-0.4, -0.2) is 35.8 Å². The molecule has 0 aromatic rings. The molecule has 5 nitrogen and oxygen atoms in total. The molecule has 19 heavy (non-hydrogen) atoms. The highest BCUT2D eigenvalue weighted by molar-refractivity contribution is 5.85. The summed E-state index contributed by atoms with van der Waals surface area (Å²) in [5, 5.41) is 0. The van der Waals surface area contributed by atoms with E-state index in [-0.39, 0.29) is 29.2 Å². The molecule has 2 amide bonds. The van der Waals surface area contributed by atoms with E-state index in [1.54, 1.807) is 0 Å². The van der Waals surface area contributed by atoms with Crippen molar-refractivity contribution in [2.45, 2.75) is 45.6 Å². The number of hydrogen-bond donors (Lipinski definition) is 2. The Hall–Kier alpha value is -1.10. The summed E-state index contributed by atoms with van der Waals surface area (Å²) in [6.07, 6.45) is 3.36. The average molecular weight is 267 g/mol. The van der Waals surface area contributed by atoms with E-state index in [1.807, 2.05) is 11.8 Å². The smallest absolute Gasteiger partial charge is 0.230 e. The number of nitrogens with two attached hydrogens (primary N) is 2. The van der Waals surface area contributed by atoms with Gasteiger partial charge in [-0.25, -0.2) is 0 Å². The molecule has 4 N–H and O–H groups in total. The van der Waals surface area contributed by atoms with Crippen LogP contribution in [0, 0.1) is 17.3 Å². The highest BCUT2D eigenvalue weighted by atomic mass is 16.2. The third kappa shape index (κ3) is 2.48. The zero-order chi connectivity index (χ0) is 14.2. The Morgan fingerprint density at radius 2 is 1.89 bits per heavy atom. The van der Waals surface area contributed by atoms with Crippen molar-refractivity contribution in [3.8, 4) is 0 Å².